The molecule has 0 rings (SSSR count). The van der Waals surface area contributed by atoms with Crippen LogP contribution in [0.1, 0.15) is 0 Å². The van der Waals surface area contributed by atoms with Gasteiger partial charge >= 0.3 is 0 Å². The van der Waals surface area contributed by atoms with Crippen molar-refractivity contribution in [3.8, 4) is 0 Å². The minimum Gasteiger partial charge on any atom is -0.394 e. The fraction of sp³-hybridized carbons (Fsp3) is 0.833. The molecule has 0 fully saturated rings. The lowest BCUT2D eigenvalue weighted by Gasteiger charge is -2.22. The highest BCUT2D eigenvalue weighted by molar-refractivity contribution is 5.56. The van der Waals surface area contributed by atoms with E-state index in [1.807, 2.05) is 0 Å². The third-order valence-electron chi connectivity index (χ3n) is 1.42. The third kappa shape index (κ3) is 2.84. The fourth-order valence-corrected chi connectivity index (χ4v) is 0.618. The summed E-state index contributed by atoms with van der Waals surface area (Å²) in [6, 6.07) is 0. The zero-order chi connectivity index (χ0) is 9.72. The minimum absolute atomic E-state index is 0.0258. The lowest BCUT2D eigenvalue weighted by molar-refractivity contribution is -0.136. The van der Waals surface area contributed by atoms with Crippen LogP contribution in [0.3, 0.4) is 0 Å². The zero-order valence-electron chi connectivity index (χ0n) is 6.24. The maximum atomic E-state index is 9.90. The van der Waals surface area contributed by atoms with Crippen molar-refractivity contribution < 1.29 is 30.3 Å². The average molecular weight is 181 g/mol. The quantitative estimate of drug-likeness (QED) is 0.223. The fourth-order valence-electron chi connectivity index (χ4n) is 0.618. The molecule has 0 spiro atoms. The molecule has 0 saturated carbocycles. The Hall–Kier alpha value is -0.530. The molecule has 0 aromatic rings. The van der Waals surface area contributed by atoms with E-state index in [4.69, 9.17) is 25.5 Å². The van der Waals surface area contributed by atoms with Gasteiger partial charge in [-0.15, -0.1) is 0 Å². The Kier molecular flexibility index (Phi) is 4.95. The van der Waals surface area contributed by atoms with Gasteiger partial charge in [-0.3, -0.25) is 0 Å². The van der Waals surface area contributed by atoms with Crippen molar-refractivity contribution in [3.05, 3.63) is 0 Å². The first-order chi connectivity index (χ1) is 5.54. The largest absolute Gasteiger partial charge is 0.394 e. The molecular weight excluding hydrogens is 169 g/mol. The molecular formula is C6H12O6. The smallest absolute Gasteiger partial charge is 0.151 e. The molecule has 0 aromatic heterocycles. The monoisotopic (exact) mass is 181 g/mol. The normalized spacial score (nSPS) is 21.1. The van der Waals surface area contributed by atoms with Crippen LogP contribution in [-0.4, -0.2) is 62.8 Å². The van der Waals surface area contributed by atoms with Crippen LogP contribution in [0.5, 0.6) is 0 Å². The average Bonchev–Trinajstić information content (AvgIpc) is 2.12. The number of aliphatic hydroxyl groups is 5. The second-order valence-corrected chi connectivity index (χ2v) is 2.36. The first-order valence-corrected chi connectivity index (χ1v) is 3.33. The van der Waals surface area contributed by atoms with Crippen molar-refractivity contribution in [2.75, 3.05) is 6.61 Å². The second kappa shape index (κ2) is 5.18. The van der Waals surface area contributed by atoms with Crippen molar-refractivity contribution >= 4 is 6.29 Å². The molecule has 0 heterocycles. The first-order valence-electron chi connectivity index (χ1n) is 3.33. The predicted molar refractivity (Wildman–Crippen MR) is 37.2 cm³/mol. The standard InChI is InChI=1S/C6H12O6/c7-1-3(9)5(11)6(12)4(10)2-8/h1,3-6,8-12H,2H2/t3-,4+,5-,6-/m0/s1/i5+1. The molecule has 6 nitrogen and oxygen atoms in total. The van der Waals surface area contributed by atoms with Gasteiger partial charge in [-0.25, -0.2) is 0 Å². The lowest BCUT2D eigenvalue weighted by atomic mass is 10.2. The lowest BCUT2D eigenvalue weighted by Crippen LogP contribution is -2.46. The van der Waals surface area contributed by atoms with E-state index >= 15 is 0 Å². The Bertz CT molecular complexity index is 138. The number of hydrogen-bond acceptors (Lipinski definition) is 6. The summed E-state index contributed by atoms with van der Waals surface area (Å²) >= 11 is 0. The van der Waals surface area contributed by atoms with Gasteiger partial charge < -0.3 is 30.3 Å². The summed E-state index contributed by atoms with van der Waals surface area (Å²) in [5, 5.41) is 43.5. The minimum atomic E-state index is -1.79. The Labute approximate surface area is 68.7 Å². The molecule has 0 aliphatic carbocycles. The molecule has 0 aromatic carbocycles. The van der Waals surface area contributed by atoms with Crippen molar-refractivity contribution in [2.24, 2.45) is 0 Å². The molecule has 12 heavy (non-hydrogen) atoms. The summed E-state index contributed by atoms with van der Waals surface area (Å²) in [6.07, 6.45) is -6.84. The molecule has 0 radical (unpaired) electrons. The van der Waals surface area contributed by atoms with Crippen LogP contribution in [-0.2, 0) is 4.79 Å². The predicted octanol–water partition coefficient (Wildman–Crippen LogP) is -3.38. The number of carbonyl (C=O) groups excluding carboxylic acids is 1. The van der Waals surface area contributed by atoms with Gasteiger partial charge in [-0.1, -0.05) is 0 Å². The van der Waals surface area contributed by atoms with E-state index in [0.29, 0.717) is 0 Å². The van der Waals surface area contributed by atoms with Gasteiger partial charge in [-0.2, -0.15) is 0 Å². The van der Waals surface area contributed by atoms with Crippen LogP contribution in [0.15, 0.2) is 0 Å². The van der Waals surface area contributed by atoms with Crippen LogP contribution in [0, 0.1) is 0 Å². The number of carbonyl (C=O) groups is 1. The molecule has 0 aliphatic rings. The molecule has 5 N–H and O–H groups in total. The summed E-state index contributed by atoms with van der Waals surface area (Å²) in [5.74, 6) is 0. The van der Waals surface area contributed by atoms with Gasteiger partial charge in [0.2, 0.25) is 0 Å². The van der Waals surface area contributed by atoms with Crippen molar-refractivity contribution in [3.63, 3.8) is 0 Å². The van der Waals surface area contributed by atoms with Gasteiger partial charge in [0.05, 0.1) is 6.61 Å². The van der Waals surface area contributed by atoms with Gasteiger partial charge in [0.15, 0.2) is 6.29 Å². The molecule has 0 bridgehead atoms. The Morgan fingerprint density at radius 1 is 1.08 bits per heavy atom. The van der Waals surface area contributed by atoms with Crippen molar-refractivity contribution in [1.82, 2.24) is 0 Å². The van der Waals surface area contributed by atoms with E-state index in [9.17, 15) is 4.79 Å². The van der Waals surface area contributed by atoms with Crippen LogP contribution < -0.4 is 0 Å². The van der Waals surface area contributed by atoms with E-state index in [2.05, 4.69) is 0 Å². The highest BCUT2D eigenvalue weighted by atomic mass is 16.4. The molecule has 0 saturated heterocycles. The molecule has 6 heteroatoms. The summed E-state index contributed by atoms with van der Waals surface area (Å²) < 4.78 is 0. The maximum Gasteiger partial charge on any atom is 0.151 e. The second-order valence-electron chi connectivity index (χ2n) is 2.36. The summed E-state index contributed by atoms with van der Waals surface area (Å²) in [7, 11) is 0. The van der Waals surface area contributed by atoms with Gasteiger partial charge in [0, 0.05) is 0 Å². The van der Waals surface area contributed by atoms with Crippen LogP contribution >= 0.6 is 0 Å². The van der Waals surface area contributed by atoms with Crippen molar-refractivity contribution in [1.29, 1.82) is 0 Å². The van der Waals surface area contributed by atoms with E-state index in [0.717, 1.165) is 0 Å². The summed E-state index contributed by atoms with van der Waals surface area (Å²) in [4.78, 5) is 9.90. The molecule has 0 amide bonds. The van der Waals surface area contributed by atoms with Crippen LogP contribution in [0.25, 0.3) is 0 Å². The molecule has 72 valence electrons. The van der Waals surface area contributed by atoms with Crippen molar-refractivity contribution in [2.45, 2.75) is 24.4 Å². The third-order valence-corrected chi connectivity index (χ3v) is 1.42. The van der Waals surface area contributed by atoms with Crippen LogP contribution in [0.4, 0.5) is 0 Å². The maximum absolute atomic E-state index is 9.90. The highest BCUT2D eigenvalue weighted by Crippen LogP contribution is 2.02. The summed E-state index contributed by atoms with van der Waals surface area (Å²) in [6.45, 7) is -0.760. The van der Waals surface area contributed by atoms with E-state index in [1.54, 1.807) is 0 Å². The SMILES string of the molecule is O=C[C@H](O)[13C@H](O)[C@@H](O)[C@H](O)CO. The zero-order valence-corrected chi connectivity index (χ0v) is 6.24. The highest BCUT2D eigenvalue weighted by Gasteiger charge is 2.29. The molecule has 0 unspecified atom stereocenters. The Balaban J connectivity index is 4.07. The number of aldehydes is 1. The summed E-state index contributed by atoms with van der Waals surface area (Å²) in [5.41, 5.74) is 0. The van der Waals surface area contributed by atoms with E-state index in [-0.39, 0.29) is 6.29 Å². The van der Waals surface area contributed by atoms with Gasteiger partial charge in [0.1, 0.15) is 24.4 Å². The number of hydrogen-bond donors (Lipinski definition) is 5. The number of aliphatic hydroxyl groups excluding tert-OH is 5. The van der Waals surface area contributed by atoms with Gasteiger partial charge in [0.25, 0.3) is 0 Å². The van der Waals surface area contributed by atoms with E-state index in [1.165, 1.54) is 0 Å². The molecule has 0 aliphatic heterocycles. The first kappa shape index (κ1) is 11.5. The number of rotatable bonds is 5. The van der Waals surface area contributed by atoms with E-state index < -0.39 is 31.0 Å². The Morgan fingerprint density at radius 3 is 1.92 bits per heavy atom. The Morgan fingerprint density at radius 2 is 1.58 bits per heavy atom. The van der Waals surface area contributed by atoms with Gasteiger partial charge in [-0.05, 0) is 0 Å². The topological polar surface area (TPSA) is 118 Å². The molecule has 4 atom stereocenters. The van der Waals surface area contributed by atoms with Crippen LogP contribution in [0.2, 0.25) is 0 Å².